The van der Waals surface area contributed by atoms with Crippen LogP contribution in [0.15, 0.2) is 34.8 Å². The zero-order chi connectivity index (χ0) is 15.6. The summed E-state index contributed by atoms with van der Waals surface area (Å²) >= 11 is 3.30. The molecule has 21 heavy (non-hydrogen) atoms. The molecule has 0 aliphatic rings. The third-order valence-electron chi connectivity index (χ3n) is 3.21. The summed E-state index contributed by atoms with van der Waals surface area (Å²) in [4.78, 5) is 12.1. The van der Waals surface area contributed by atoms with E-state index in [1.165, 1.54) is 0 Å². The minimum absolute atomic E-state index is 0.206. The van der Waals surface area contributed by atoms with Crippen molar-refractivity contribution in [3.8, 4) is 0 Å². The van der Waals surface area contributed by atoms with E-state index in [4.69, 9.17) is 5.73 Å². The molecule has 0 heterocycles. The average Bonchev–Trinajstić information content (AvgIpc) is 2.42. The van der Waals surface area contributed by atoms with Crippen LogP contribution in [0, 0.1) is 19.7 Å². The summed E-state index contributed by atoms with van der Waals surface area (Å²) in [5.74, 6) is -0.457. The summed E-state index contributed by atoms with van der Waals surface area (Å²) in [6.45, 7) is 3.75. The Morgan fingerprint density at radius 1 is 1.24 bits per heavy atom. The fraction of sp³-hybridized carbons (Fsp3) is 0.188. The summed E-state index contributed by atoms with van der Waals surface area (Å²) in [6.07, 6.45) is 0. The van der Waals surface area contributed by atoms with Crippen LogP contribution in [0.4, 0.5) is 10.1 Å². The number of rotatable bonds is 3. The summed E-state index contributed by atoms with van der Waals surface area (Å²) in [7, 11) is 0. The highest BCUT2D eigenvalue weighted by Gasteiger charge is 2.10. The molecule has 1 amide bonds. The van der Waals surface area contributed by atoms with Crippen molar-refractivity contribution < 1.29 is 9.18 Å². The number of carbonyl (C=O) groups excluding carboxylic acids is 1. The van der Waals surface area contributed by atoms with Crippen LogP contribution in [0.2, 0.25) is 0 Å². The normalized spacial score (nSPS) is 10.5. The van der Waals surface area contributed by atoms with Crippen LogP contribution in [0.5, 0.6) is 0 Å². The number of amides is 1. The zero-order valence-electron chi connectivity index (χ0n) is 11.8. The summed E-state index contributed by atoms with van der Waals surface area (Å²) in [6, 6.07) is 8.57. The van der Waals surface area contributed by atoms with Crippen molar-refractivity contribution in [3.63, 3.8) is 0 Å². The quantitative estimate of drug-likeness (QED) is 0.829. The highest BCUT2D eigenvalue weighted by molar-refractivity contribution is 9.10. The van der Waals surface area contributed by atoms with E-state index in [2.05, 4.69) is 21.2 Å². The molecule has 0 aromatic heterocycles. The predicted molar refractivity (Wildman–Crippen MR) is 85.6 cm³/mol. The highest BCUT2D eigenvalue weighted by atomic mass is 79.9. The fourth-order valence-corrected chi connectivity index (χ4v) is 2.53. The van der Waals surface area contributed by atoms with E-state index in [1.54, 1.807) is 44.2 Å². The predicted octanol–water partition coefficient (Wildman–Crippen LogP) is 3.72. The molecule has 3 N–H and O–H groups in total. The number of hydrogen-bond acceptors (Lipinski definition) is 2. The Morgan fingerprint density at radius 3 is 2.43 bits per heavy atom. The molecule has 110 valence electrons. The molecular formula is C16H16BrFN2O. The molecule has 0 aliphatic carbocycles. The van der Waals surface area contributed by atoms with Gasteiger partial charge in [-0.2, -0.15) is 0 Å². The van der Waals surface area contributed by atoms with Crippen molar-refractivity contribution in [3.05, 3.63) is 62.9 Å². The average molecular weight is 351 g/mol. The van der Waals surface area contributed by atoms with Crippen LogP contribution < -0.4 is 11.1 Å². The van der Waals surface area contributed by atoms with Gasteiger partial charge in [0, 0.05) is 16.7 Å². The monoisotopic (exact) mass is 350 g/mol. The van der Waals surface area contributed by atoms with E-state index in [0.717, 1.165) is 10.0 Å². The van der Waals surface area contributed by atoms with Crippen molar-refractivity contribution >= 4 is 27.5 Å². The molecule has 2 aromatic rings. The smallest absolute Gasteiger partial charge is 0.253 e. The molecule has 0 unspecified atom stereocenters. The second-order valence-electron chi connectivity index (χ2n) is 4.96. The van der Waals surface area contributed by atoms with Gasteiger partial charge in [-0.1, -0.05) is 28.1 Å². The van der Waals surface area contributed by atoms with Crippen molar-refractivity contribution in [2.24, 2.45) is 0 Å². The van der Waals surface area contributed by atoms with Crippen molar-refractivity contribution in [2.75, 3.05) is 5.73 Å². The lowest BCUT2D eigenvalue weighted by atomic mass is 10.1. The molecule has 0 saturated heterocycles. The number of aryl methyl sites for hydroxylation is 2. The Morgan fingerprint density at radius 2 is 1.86 bits per heavy atom. The maximum absolute atomic E-state index is 13.6. The Labute approximate surface area is 131 Å². The molecule has 0 radical (unpaired) electrons. The molecular weight excluding hydrogens is 335 g/mol. The van der Waals surface area contributed by atoms with Gasteiger partial charge in [0.15, 0.2) is 0 Å². The lowest BCUT2D eigenvalue weighted by Gasteiger charge is -2.10. The fourth-order valence-electron chi connectivity index (χ4n) is 2.16. The zero-order valence-corrected chi connectivity index (χ0v) is 13.4. The molecule has 0 atom stereocenters. The number of carbonyl (C=O) groups is 1. The first-order valence-electron chi connectivity index (χ1n) is 6.47. The van der Waals surface area contributed by atoms with Crippen LogP contribution in [0.1, 0.15) is 27.0 Å². The minimum Gasteiger partial charge on any atom is -0.398 e. The molecule has 2 rings (SSSR count). The largest absolute Gasteiger partial charge is 0.398 e. The van der Waals surface area contributed by atoms with Crippen molar-refractivity contribution in [1.29, 1.82) is 0 Å². The maximum atomic E-state index is 13.6. The number of nitrogens with one attached hydrogen (secondary N) is 1. The molecule has 0 saturated carbocycles. The van der Waals surface area contributed by atoms with Crippen molar-refractivity contribution in [1.82, 2.24) is 5.32 Å². The number of hydrogen-bond donors (Lipinski definition) is 2. The highest BCUT2D eigenvalue weighted by Crippen LogP contribution is 2.19. The first kappa shape index (κ1) is 15.5. The molecule has 0 aliphatic heterocycles. The van der Waals surface area contributed by atoms with Gasteiger partial charge in [-0.3, -0.25) is 4.79 Å². The minimum atomic E-state index is -0.250. The Bertz CT molecular complexity index is 678. The van der Waals surface area contributed by atoms with Gasteiger partial charge in [0.1, 0.15) is 5.82 Å². The number of benzene rings is 2. The van der Waals surface area contributed by atoms with E-state index in [-0.39, 0.29) is 11.7 Å². The number of nitrogens with two attached hydrogens (primary N) is 1. The SMILES string of the molecule is Cc1cc(CNC(=O)c2ccc(Br)cc2N)cc(C)c1F. The summed E-state index contributed by atoms with van der Waals surface area (Å²) < 4.78 is 14.4. The summed E-state index contributed by atoms with van der Waals surface area (Å²) in [5, 5.41) is 2.79. The van der Waals surface area contributed by atoms with E-state index in [1.807, 2.05) is 0 Å². The van der Waals surface area contributed by atoms with Gasteiger partial charge in [0.2, 0.25) is 0 Å². The first-order valence-corrected chi connectivity index (χ1v) is 7.26. The van der Waals surface area contributed by atoms with Crippen LogP contribution in [0.3, 0.4) is 0 Å². The topological polar surface area (TPSA) is 55.1 Å². The number of halogens is 2. The lowest BCUT2D eigenvalue weighted by Crippen LogP contribution is -2.24. The van der Waals surface area contributed by atoms with E-state index >= 15 is 0 Å². The molecule has 2 aromatic carbocycles. The van der Waals surface area contributed by atoms with Gasteiger partial charge in [0.05, 0.1) is 5.56 Å². The lowest BCUT2D eigenvalue weighted by molar-refractivity contribution is 0.0952. The van der Waals surface area contributed by atoms with Gasteiger partial charge in [-0.25, -0.2) is 4.39 Å². The van der Waals surface area contributed by atoms with E-state index in [0.29, 0.717) is 28.9 Å². The molecule has 0 bridgehead atoms. The van der Waals surface area contributed by atoms with Gasteiger partial charge in [-0.05, 0) is 48.7 Å². The Balaban J connectivity index is 2.11. The van der Waals surface area contributed by atoms with Crippen LogP contribution in [-0.4, -0.2) is 5.91 Å². The van der Waals surface area contributed by atoms with Gasteiger partial charge in [-0.15, -0.1) is 0 Å². The third kappa shape index (κ3) is 3.61. The van der Waals surface area contributed by atoms with Crippen LogP contribution in [0.25, 0.3) is 0 Å². The Hall–Kier alpha value is -1.88. The van der Waals surface area contributed by atoms with E-state index < -0.39 is 0 Å². The van der Waals surface area contributed by atoms with Gasteiger partial charge < -0.3 is 11.1 Å². The maximum Gasteiger partial charge on any atom is 0.253 e. The third-order valence-corrected chi connectivity index (χ3v) is 3.70. The summed E-state index contributed by atoms with van der Waals surface area (Å²) in [5.41, 5.74) is 8.65. The van der Waals surface area contributed by atoms with Crippen LogP contribution in [-0.2, 0) is 6.54 Å². The van der Waals surface area contributed by atoms with E-state index in [9.17, 15) is 9.18 Å². The molecule has 0 fully saturated rings. The second kappa shape index (κ2) is 6.26. The number of anilines is 1. The second-order valence-corrected chi connectivity index (χ2v) is 5.87. The van der Waals surface area contributed by atoms with Crippen molar-refractivity contribution in [2.45, 2.75) is 20.4 Å². The Kier molecular flexibility index (Phi) is 4.63. The molecule has 3 nitrogen and oxygen atoms in total. The molecule has 5 heteroatoms. The van der Waals surface area contributed by atoms with Gasteiger partial charge in [0.25, 0.3) is 5.91 Å². The molecule has 0 spiro atoms. The van der Waals surface area contributed by atoms with Gasteiger partial charge >= 0.3 is 0 Å². The number of nitrogen functional groups attached to an aromatic ring is 1. The standard InChI is InChI=1S/C16H16BrFN2O/c1-9-5-11(6-10(2)15(9)18)8-20-16(21)13-4-3-12(17)7-14(13)19/h3-7H,8,19H2,1-2H3,(H,20,21). The first-order chi connectivity index (χ1) is 9.88. The van der Waals surface area contributed by atoms with Crippen LogP contribution >= 0.6 is 15.9 Å².